The molecule has 0 aliphatic carbocycles. The second-order valence-corrected chi connectivity index (χ2v) is 8.67. The number of fused-ring (bicyclic) bond motifs is 1. The first-order valence-electron chi connectivity index (χ1n) is 9.42. The number of rotatable bonds is 4. The molecule has 0 saturated heterocycles. The number of esters is 1. The van der Waals surface area contributed by atoms with Gasteiger partial charge in [0.25, 0.3) is 0 Å². The molecule has 1 heterocycles. The average Bonchev–Trinajstić information content (AvgIpc) is 2.64. The van der Waals surface area contributed by atoms with E-state index in [1.165, 1.54) is 12.1 Å². The number of anilines is 1. The predicted octanol–water partition coefficient (Wildman–Crippen LogP) is 4.17. The van der Waals surface area contributed by atoms with Crippen molar-refractivity contribution in [3.8, 4) is 5.75 Å². The highest BCUT2D eigenvalue weighted by Crippen LogP contribution is 2.37. The van der Waals surface area contributed by atoms with Gasteiger partial charge in [0.15, 0.2) is 5.75 Å². The largest absolute Gasteiger partial charge is 0.458 e. The average molecular weight is 434 g/mol. The van der Waals surface area contributed by atoms with Gasteiger partial charge in [-0.1, -0.05) is 23.7 Å². The molecule has 0 aromatic heterocycles. The molecule has 8 heteroatoms. The summed E-state index contributed by atoms with van der Waals surface area (Å²) in [5.74, 6) is 0.144. The first-order chi connectivity index (χ1) is 13.9. The minimum Gasteiger partial charge on any atom is -0.458 e. The number of nitrogens with two attached hydrogens (primary N) is 2. The van der Waals surface area contributed by atoms with E-state index in [2.05, 4.69) is 5.32 Å². The number of nitrogens with one attached hydrogen (secondary N) is 1. The lowest BCUT2D eigenvalue weighted by atomic mass is 9.83. The van der Waals surface area contributed by atoms with Crippen LogP contribution < -0.4 is 21.5 Å². The van der Waals surface area contributed by atoms with Crippen LogP contribution in [-0.2, 0) is 21.5 Å². The summed E-state index contributed by atoms with van der Waals surface area (Å²) in [5, 5.41) is 3.20. The highest BCUT2D eigenvalue weighted by molar-refractivity contribution is 6.31. The van der Waals surface area contributed by atoms with Crippen molar-refractivity contribution in [1.29, 1.82) is 0 Å². The molecular formula is C22H25ClFN3O3. The van der Waals surface area contributed by atoms with Crippen molar-refractivity contribution in [2.24, 2.45) is 11.5 Å². The molecule has 160 valence electrons. The highest BCUT2D eigenvalue weighted by Gasteiger charge is 2.41. The van der Waals surface area contributed by atoms with E-state index >= 15 is 0 Å². The zero-order valence-corrected chi connectivity index (χ0v) is 18.1. The lowest BCUT2D eigenvalue weighted by Crippen LogP contribution is -2.50. The number of hydrogen-bond acceptors (Lipinski definition) is 6. The Balaban J connectivity index is 2.09. The van der Waals surface area contributed by atoms with Gasteiger partial charge in [-0.25, -0.2) is 9.18 Å². The van der Waals surface area contributed by atoms with Crippen LogP contribution in [0.3, 0.4) is 0 Å². The van der Waals surface area contributed by atoms with E-state index in [1.807, 2.05) is 0 Å². The van der Waals surface area contributed by atoms with Gasteiger partial charge < -0.3 is 26.3 Å². The molecule has 1 aliphatic rings. The van der Waals surface area contributed by atoms with Crippen molar-refractivity contribution in [2.75, 3.05) is 5.32 Å². The zero-order chi connectivity index (χ0) is 22.3. The Bertz CT molecular complexity index is 1010. The lowest BCUT2D eigenvalue weighted by Gasteiger charge is -2.33. The van der Waals surface area contributed by atoms with E-state index in [1.54, 1.807) is 52.0 Å². The van der Waals surface area contributed by atoms with Gasteiger partial charge in [0.1, 0.15) is 28.5 Å². The number of allylic oxidation sites excluding steroid dienone is 1. The number of halogens is 2. The van der Waals surface area contributed by atoms with E-state index in [0.717, 1.165) is 0 Å². The number of ether oxygens (including phenoxy) is 2. The fraction of sp³-hybridized carbons (Fsp3) is 0.318. The maximum Gasteiger partial charge on any atom is 0.331 e. The molecular weight excluding hydrogens is 409 g/mol. The maximum atomic E-state index is 14.5. The smallest absolute Gasteiger partial charge is 0.331 e. The van der Waals surface area contributed by atoms with Crippen LogP contribution in [0, 0.1) is 5.82 Å². The molecule has 0 bridgehead atoms. The number of carbonyl (C=O) groups is 1. The summed E-state index contributed by atoms with van der Waals surface area (Å²) in [6, 6.07) is 9.27. The molecule has 0 fully saturated rings. The third-order valence-electron chi connectivity index (χ3n) is 4.69. The molecule has 2 aromatic rings. The Labute approximate surface area is 180 Å². The van der Waals surface area contributed by atoms with E-state index in [9.17, 15) is 9.18 Å². The summed E-state index contributed by atoms with van der Waals surface area (Å²) in [7, 11) is 0. The summed E-state index contributed by atoms with van der Waals surface area (Å²) in [4.78, 5) is 13.2. The predicted molar refractivity (Wildman–Crippen MR) is 114 cm³/mol. The summed E-state index contributed by atoms with van der Waals surface area (Å²) >= 11 is 6.21. The minimum absolute atomic E-state index is 0.129. The molecule has 0 amide bonds. The number of hydrogen-bond donors (Lipinski definition) is 3. The van der Waals surface area contributed by atoms with Crippen LogP contribution in [0.4, 0.5) is 10.1 Å². The Morgan fingerprint density at radius 3 is 2.60 bits per heavy atom. The fourth-order valence-corrected chi connectivity index (χ4v) is 3.32. The minimum atomic E-state index is -1.71. The Kier molecular flexibility index (Phi) is 5.71. The monoisotopic (exact) mass is 433 g/mol. The fourth-order valence-electron chi connectivity index (χ4n) is 3.09. The van der Waals surface area contributed by atoms with Gasteiger partial charge in [0.05, 0.1) is 5.69 Å². The van der Waals surface area contributed by atoms with Crippen molar-refractivity contribution in [2.45, 2.75) is 45.3 Å². The van der Waals surface area contributed by atoms with Crippen molar-refractivity contribution in [3.05, 3.63) is 69.9 Å². The van der Waals surface area contributed by atoms with E-state index < -0.39 is 22.9 Å². The van der Waals surface area contributed by atoms with E-state index in [0.29, 0.717) is 28.6 Å². The zero-order valence-electron chi connectivity index (χ0n) is 17.3. The van der Waals surface area contributed by atoms with Gasteiger partial charge in [-0.3, -0.25) is 0 Å². The van der Waals surface area contributed by atoms with E-state index in [4.69, 9.17) is 32.5 Å². The summed E-state index contributed by atoms with van der Waals surface area (Å²) in [6.45, 7) is 6.93. The van der Waals surface area contributed by atoms with Gasteiger partial charge in [-0.2, -0.15) is 0 Å². The summed E-state index contributed by atoms with van der Waals surface area (Å²) < 4.78 is 25.8. The number of carbonyl (C=O) groups excluding carboxylic acids is 1. The Morgan fingerprint density at radius 2 is 1.97 bits per heavy atom. The molecule has 6 nitrogen and oxygen atoms in total. The SMILES string of the molecule is CC1=C(N)Nc2cc(C(N)(Cc3c(F)cccc3Cl)C(=O)OC(C)(C)C)ccc2O1. The molecule has 2 aromatic carbocycles. The van der Waals surface area contributed by atoms with Crippen LogP contribution in [-0.4, -0.2) is 11.6 Å². The van der Waals surface area contributed by atoms with Crippen LogP contribution in [0.2, 0.25) is 5.02 Å². The quantitative estimate of drug-likeness (QED) is 0.626. The third-order valence-corrected chi connectivity index (χ3v) is 5.04. The summed E-state index contributed by atoms with van der Waals surface area (Å²) in [5.41, 5.74) is 11.1. The molecule has 0 spiro atoms. The van der Waals surface area contributed by atoms with Crippen LogP contribution in [0.5, 0.6) is 5.75 Å². The standard InChI is InChI=1S/C22H25ClFN3O3/c1-12-19(25)27-17-10-13(8-9-18(17)29-12)22(26,20(28)30-21(2,3)4)11-14-15(23)6-5-7-16(14)24/h5-10,27H,11,25-26H2,1-4H3. The normalized spacial score (nSPS) is 15.6. The van der Waals surface area contributed by atoms with Gasteiger partial charge in [-0.15, -0.1) is 0 Å². The second kappa shape index (κ2) is 7.81. The molecule has 0 radical (unpaired) electrons. The van der Waals surface area contributed by atoms with Crippen molar-refractivity contribution in [1.82, 2.24) is 0 Å². The van der Waals surface area contributed by atoms with Crippen molar-refractivity contribution in [3.63, 3.8) is 0 Å². The van der Waals surface area contributed by atoms with Crippen LogP contribution in [0.1, 0.15) is 38.8 Å². The van der Waals surface area contributed by atoms with Gasteiger partial charge >= 0.3 is 5.97 Å². The first kappa shape index (κ1) is 21.9. The second-order valence-electron chi connectivity index (χ2n) is 8.26. The molecule has 30 heavy (non-hydrogen) atoms. The molecule has 0 saturated carbocycles. The van der Waals surface area contributed by atoms with Gasteiger partial charge in [0.2, 0.25) is 0 Å². The van der Waals surface area contributed by atoms with Crippen LogP contribution in [0.15, 0.2) is 48.0 Å². The van der Waals surface area contributed by atoms with Crippen LogP contribution >= 0.6 is 11.6 Å². The Morgan fingerprint density at radius 1 is 1.27 bits per heavy atom. The lowest BCUT2D eigenvalue weighted by molar-refractivity contribution is -0.162. The van der Waals surface area contributed by atoms with Gasteiger partial charge in [0, 0.05) is 17.0 Å². The molecule has 5 N–H and O–H groups in total. The molecule has 1 unspecified atom stereocenters. The first-order valence-corrected chi connectivity index (χ1v) is 9.79. The topological polar surface area (TPSA) is 99.6 Å². The highest BCUT2D eigenvalue weighted by atomic mass is 35.5. The van der Waals surface area contributed by atoms with Crippen molar-refractivity contribution >= 4 is 23.3 Å². The maximum absolute atomic E-state index is 14.5. The van der Waals surface area contributed by atoms with E-state index in [-0.39, 0.29) is 17.0 Å². The molecule has 1 atom stereocenters. The molecule has 3 rings (SSSR count). The number of benzene rings is 2. The summed E-state index contributed by atoms with van der Waals surface area (Å²) in [6.07, 6.45) is -0.197. The molecule has 1 aliphatic heterocycles. The van der Waals surface area contributed by atoms with Crippen molar-refractivity contribution < 1.29 is 18.7 Å². The Hall–Kier alpha value is -2.77. The van der Waals surface area contributed by atoms with Gasteiger partial charge in [-0.05, 0) is 57.5 Å². The third kappa shape index (κ3) is 4.37. The van der Waals surface area contributed by atoms with Crippen LogP contribution in [0.25, 0.3) is 0 Å².